The Balaban J connectivity index is 1.55. The fourth-order valence-corrected chi connectivity index (χ4v) is 3.81. The molecule has 138 valence electrons. The van der Waals surface area contributed by atoms with Crippen LogP contribution in [-0.2, 0) is 11.2 Å². The zero-order valence-electron chi connectivity index (χ0n) is 15.3. The van der Waals surface area contributed by atoms with Gasteiger partial charge in [0.1, 0.15) is 5.76 Å². The molecule has 2 aromatic rings. The van der Waals surface area contributed by atoms with Crippen molar-refractivity contribution < 1.29 is 18.8 Å². The van der Waals surface area contributed by atoms with Gasteiger partial charge in [0.2, 0.25) is 5.91 Å². The Morgan fingerprint density at radius 1 is 1.19 bits per heavy atom. The monoisotopic (exact) mass is 356 g/mol. The minimum Gasteiger partial charge on any atom is -0.490 e. The van der Waals surface area contributed by atoms with Crippen molar-refractivity contribution in [3.63, 3.8) is 0 Å². The number of amides is 1. The van der Waals surface area contributed by atoms with E-state index in [2.05, 4.69) is 11.2 Å². The molecule has 0 N–H and O–H groups in total. The van der Waals surface area contributed by atoms with E-state index in [1.165, 1.54) is 0 Å². The summed E-state index contributed by atoms with van der Waals surface area (Å²) in [5.74, 6) is 2.42. The lowest BCUT2D eigenvalue weighted by Crippen LogP contribution is -2.32. The molecule has 6 heteroatoms. The van der Waals surface area contributed by atoms with Gasteiger partial charge < -0.3 is 18.9 Å². The number of benzene rings is 1. The fourth-order valence-electron chi connectivity index (χ4n) is 3.81. The average Bonchev–Trinajstić information content (AvgIpc) is 3.16. The number of ether oxygens (including phenoxy) is 2. The summed E-state index contributed by atoms with van der Waals surface area (Å²) in [6, 6.07) is 6.14. The summed E-state index contributed by atoms with van der Waals surface area (Å²) in [6.45, 7) is 5.85. The van der Waals surface area contributed by atoms with Crippen LogP contribution in [0.5, 0.6) is 11.5 Å². The molecule has 6 nitrogen and oxygen atoms in total. The number of rotatable bonds is 3. The lowest BCUT2D eigenvalue weighted by Gasteiger charge is -2.26. The number of aryl methyl sites for hydroxylation is 2. The standard InChI is InChI=1S/C20H24N2O4/c1-13-16(14(2)26-21-13)12-20(23)22-8-3-5-17(22)15-6-7-18-19(11-15)25-10-4-9-24-18/h6-7,11,17H,3-5,8-10,12H2,1-2H3/t17-/m1/s1. The molecule has 1 atom stereocenters. The van der Waals surface area contributed by atoms with Gasteiger partial charge in [-0.15, -0.1) is 0 Å². The molecule has 0 spiro atoms. The summed E-state index contributed by atoms with van der Waals surface area (Å²) in [6.07, 6.45) is 3.19. The molecule has 0 bridgehead atoms. The molecule has 1 aromatic heterocycles. The molecule has 0 aliphatic carbocycles. The quantitative estimate of drug-likeness (QED) is 0.844. The highest BCUT2D eigenvalue weighted by molar-refractivity contribution is 5.80. The second kappa shape index (κ2) is 7.02. The largest absolute Gasteiger partial charge is 0.490 e. The normalized spacial score (nSPS) is 19.5. The number of hydrogen-bond donors (Lipinski definition) is 0. The van der Waals surface area contributed by atoms with Gasteiger partial charge in [0.15, 0.2) is 11.5 Å². The Kier molecular flexibility index (Phi) is 4.57. The fraction of sp³-hybridized carbons (Fsp3) is 0.500. The maximum atomic E-state index is 12.9. The van der Waals surface area contributed by atoms with Crippen molar-refractivity contribution in [2.24, 2.45) is 0 Å². The van der Waals surface area contributed by atoms with Crippen LogP contribution in [0.4, 0.5) is 0 Å². The van der Waals surface area contributed by atoms with Gasteiger partial charge in [0, 0.05) is 18.5 Å². The lowest BCUT2D eigenvalue weighted by atomic mass is 10.0. The summed E-state index contributed by atoms with van der Waals surface area (Å²) in [5.41, 5.74) is 2.81. The molecular formula is C20H24N2O4. The molecule has 2 aliphatic heterocycles. The van der Waals surface area contributed by atoms with Crippen LogP contribution >= 0.6 is 0 Å². The SMILES string of the molecule is Cc1noc(C)c1CC(=O)N1CCC[C@@H]1c1ccc2c(c1)OCCCO2. The Labute approximate surface area is 153 Å². The molecule has 0 saturated carbocycles. The van der Waals surface area contributed by atoms with Crippen LogP contribution in [0.15, 0.2) is 22.7 Å². The van der Waals surface area contributed by atoms with Crippen molar-refractivity contribution in [1.82, 2.24) is 10.1 Å². The maximum absolute atomic E-state index is 12.9. The van der Waals surface area contributed by atoms with Gasteiger partial charge in [-0.2, -0.15) is 0 Å². The molecule has 4 rings (SSSR count). The van der Waals surface area contributed by atoms with Crippen molar-refractivity contribution in [2.75, 3.05) is 19.8 Å². The first-order chi connectivity index (χ1) is 12.6. The van der Waals surface area contributed by atoms with Crippen molar-refractivity contribution in [2.45, 2.75) is 45.6 Å². The second-order valence-corrected chi connectivity index (χ2v) is 6.98. The van der Waals surface area contributed by atoms with Crippen LogP contribution < -0.4 is 9.47 Å². The number of hydrogen-bond acceptors (Lipinski definition) is 5. The molecule has 1 saturated heterocycles. The Morgan fingerprint density at radius 2 is 2.00 bits per heavy atom. The van der Waals surface area contributed by atoms with E-state index in [4.69, 9.17) is 14.0 Å². The summed E-state index contributed by atoms with van der Waals surface area (Å²) in [5, 5.41) is 3.95. The third-order valence-corrected chi connectivity index (χ3v) is 5.24. The Morgan fingerprint density at radius 3 is 2.77 bits per heavy atom. The number of carbonyl (C=O) groups is 1. The van der Waals surface area contributed by atoms with Gasteiger partial charge in [0.25, 0.3) is 0 Å². The summed E-state index contributed by atoms with van der Waals surface area (Å²) < 4.78 is 16.7. The van der Waals surface area contributed by atoms with Crippen LogP contribution in [0, 0.1) is 13.8 Å². The Bertz CT molecular complexity index is 795. The van der Waals surface area contributed by atoms with Crippen LogP contribution in [0.3, 0.4) is 0 Å². The van der Waals surface area contributed by atoms with E-state index in [0.29, 0.717) is 19.6 Å². The second-order valence-electron chi connectivity index (χ2n) is 6.98. The highest BCUT2D eigenvalue weighted by Gasteiger charge is 2.31. The lowest BCUT2D eigenvalue weighted by molar-refractivity contribution is -0.131. The predicted octanol–water partition coefficient (Wildman–Crippen LogP) is 3.36. The van der Waals surface area contributed by atoms with E-state index in [-0.39, 0.29) is 11.9 Å². The van der Waals surface area contributed by atoms with Crippen molar-refractivity contribution in [3.8, 4) is 11.5 Å². The van der Waals surface area contributed by atoms with Gasteiger partial charge in [-0.25, -0.2) is 0 Å². The zero-order chi connectivity index (χ0) is 18.1. The summed E-state index contributed by atoms with van der Waals surface area (Å²) in [7, 11) is 0. The van der Waals surface area contributed by atoms with E-state index in [1.54, 1.807) is 0 Å². The van der Waals surface area contributed by atoms with E-state index < -0.39 is 0 Å². The van der Waals surface area contributed by atoms with Gasteiger partial charge in [-0.3, -0.25) is 4.79 Å². The van der Waals surface area contributed by atoms with Crippen LogP contribution in [0.25, 0.3) is 0 Å². The molecule has 2 aliphatic rings. The van der Waals surface area contributed by atoms with E-state index >= 15 is 0 Å². The van der Waals surface area contributed by atoms with Crippen molar-refractivity contribution in [3.05, 3.63) is 40.8 Å². The molecule has 1 aromatic carbocycles. The van der Waals surface area contributed by atoms with E-state index in [9.17, 15) is 4.79 Å². The molecule has 3 heterocycles. The van der Waals surface area contributed by atoms with E-state index in [0.717, 1.165) is 59.9 Å². The predicted molar refractivity (Wildman–Crippen MR) is 95.4 cm³/mol. The van der Waals surface area contributed by atoms with Crippen molar-refractivity contribution in [1.29, 1.82) is 0 Å². The average molecular weight is 356 g/mol. The van der Waals surface area contributed by atoms with Crippen LogP contribution in [0.2, 0.25) is 0 Å². The van der Waals surface area contributed by atoms with Gasteiger partial charge in [-0.1, -0.05) is 11.2 Å². The molecule has 1 amide bonds. The molecule has 26 heavy (non-hydrogen) atoms. The highest BCUT2D eigenvalue weighted by Crippen LogP contribution is 2.38. The Hall–Kier alpha value is -2.50. The first-order valence-electron chi connectivity index (χ1n) is 9.24. The number of carbonyl (C=O) groups excluding carboxylic acids is 1. The first-order valence-corrected chi connectivity index (χ1v) is 9.24. The number of likely N-dealkylation sites (tertiary alicyclic amines) is 1. The number of nitrogens with zero attached hydrogens (tertiary/aromatic N) is 2. The molecule has 1 fully saturated rings. The van der Waals surface area contributed by atoms with E-state index in [1.807, 2.05) is 30.9 Å². The summed E-state index contributed by atoms with van der Waals surface area (Å²) in [4.78, 5) is 14.9. The smallest absolute Gasteiger partial charge is 0.227 e. The topological polar surface area (TPSA) is 64.8 Å². The molecular weight excluding hydrogens is 332 g/mol. The van der Waals surface area contributed by atoms with Gasteiger partial charge >= 0.3 is 0 Å². The minimum absolute atomic E-state index is 0.0834. The first kappa shape index (κ1) is 16.9. The minimum atomic E-state index is 0.0834. The van der Waals surface area contributed by atoms with Crippen LogP contribution in [-0.4, -0.2) is 35.7 Å². The van der Waals surface area contributed by atoms with Gasteiger partial charge in [-0.05, 0) is 44.4 Å². The van der Waals surface area contributed by atoms with Gasteiger partial charge in [0.05, 0.1) is 31.4 Å². The third-order valence-electron chi connectivity index (χ3n) is 5.24. The molecule has 0 unspecified atom stereocenters. The third kappa shape index (κ3) is 3.16. The highest BCUT2D eigenvalue weighted by atomic mass is 16.5. The maximum Gasteiger partial charge on any atom is 0.227 e. The summed E-state index contributed by atoms with van der Waals surface area (Å²) >= 11 is 0. The zero-order valence-corrected chi connectivity index (χ0v) is 15.3. The number of fused-ring (bicyclic) bond motifs is 1. The number of aromatic nitrogens is 1. The van der Waals surface area contributed by atoms with Crippen LogP contribution in [0.1, 0.15) is 47.9 Å². The molecule has 0 radical (unpaired) electrons. The van der Waals surface area contributed by atoms with Crippen molar-refractivity contribution >= 4 is 5.91 Å².